The van der Waals surface area contributed by atoms with Crippen LogP contribution in [0.1, 0.15) is 84.8 Å². The minimum Gasteiger partial charge on any atom is -0.496 e. The van der Waals surface area contributed by atoms with E-state index < -0.39 is 34.4 Å². The number of fused-ring (bicyclic) bond motifs is 2. The molecule has 0 aromatic heterocycles. The topological polar surface area (TPSA) is 179 Å². The first-order valence-electron chi connectivity index (χ1n) is 23.1. The Morgan fingerprint density at radius 1 is 1.00 bits per heavy atom. The summed E-state index contributed by atoms with van der Waals surface area (Å²) in [5.41, 5.74) is 3.69. The van der Waals surface area contributed by atoms with E-state index in [9.17, 15) is 29.5 Å². The molecule has 3 aliphatic rings. The Morgan fingerprint density at radius 2 is 1.72 bits per heavy atom. The molecular weight excluding hydrogens is 874 g/mol. The van der Waals surface area contributed by atoms with Gasteiger partial charge in [-0.05, 0) is 128 Å². The number of aliphatic hydroxyl groups excluding tert-OH is 2. The number of nitro groups is 1. The number of rotatable bonds is 23. The summed E-state index contributed by atoms with van der Waals surface area (Å²) in [6, 6.07) is 21.4. The Balaban J connectivity index is 1.44. The Hall–Kier alpha value is -6.68. The van der Waals surface area contributed by atoms with Crippen LogP contribution < -0.4 is 14.2 Å². The molecule has 4 aromatic carbocycles. The van der Waals surface area contributed by atoms with Crippen LogP contribution in [0.5, 0.6) is 23.0 Å². The number of hydrogen-bond donors (Lipinski definition) is 2. The second-order valence-corrected chi connectivity index (χ2v) is 17.1. The Morgan fingerprint density at radius 3 is 2.40 bits per heavy atom. The normalized spacial score (nSPS) is 22.0. The maximum absolute atomic E-state index is 15.1. The lowest BCUT2D eigenvalue weighted by molar-refractivity contribution is -0.384. The van der Waals surface area contributed by atoms with Crippen molar-refractivity contribution >= 4 is 29.7 Å². The smallest absolute Gasteiger partial charge is 0.269 e. The van der Waals surface area contributed by atoms with E-state index in [2.05, 4.69) is 12.7 Å². The predicted octanol–water partition coefficient (Wildman–Crippen LogP) is 9.74. The summed E-state index contributed by atoms with van der Waals surface area (Å²) < 4.78 is 40.7. The molecule has 1 heterocycles. The van der Waals surface area contributed by atoms with E-state index >= 15 is 4.79 Å². The summed E-state index contributed by atoms with van der Waals surface area (Å²) in [5, 5.41) is 36.1. The first-order chi connectivity index (χ1) is 33.1. The molecule has 1 amide bonds. The highest BCUT2D eigenvalue weighted by molar-refractivity contribution is 6.03. The number of unbranched alkanes of at least 4 members (excludes halogenated alkanes) is 2. The minimum atomic E-state index is -1.59. The quantitative estimate of drug-likeness (QED) is 0.0181. The zero-order valence-corrected chi connectivity index (χ0v) is 38.3. The van der Waals surface area contributed by atoms with Crippen molar-refractivity contribution in [2.75, 3.05) is 33.5 Å². The maximum Gasteiger partial charge on any atom is 0.269 e. The van der Waals surface area contributed by atoms with E-state index in [1.165, 1.54) is 37.5 Å². The molecule has 0 saturated heterocycles. The lowest BCUT2D eigenvalue weighted by atomic mass is 9.55. The standard InChI is InChI=1S/C53H58FN3O11/c1-4-28-65-53-49(56(33-36-12-17-39(54)18-13-36)50(61)25-16-35-14-19-40(20-15-35)57(62)63)32-46(55-66-5-2)44-30-37(10-6-8-26-58)43(11-7-9-27-59)51(52(44)53)45-31-42(22-24-48(45)68-53)67-41-21-23-47(64-3)38(29-41)34-60/h4,12-25,29-31,34,37,43,49,51-52,58-59H,1,5-11,26-28,32-33H2,2-3H3. The van der Waals surface area contributed by atoms with Gasteiger partial charge in [0.15, 0.2) is 6.29 Å². The molecule has 1 aliphatic heterocycles. The molecule has 15 heteroatoms. The first-order valence-corrected chi connectivity index (χ1v) is 23.1. The maximum atomic E-state index is 15.1. The monoisotopic (exact) mass is 931 g/mol. The zero-order valence-electron chi connectivity index (χ0n) is 38.3. The molecule has 6 unspecified atom stereocenters. The number of carbonyl (C=O) groups excluding carboxylic acids is 2. The number of amides is 1. The molecule has 0 radical (unpaired) electrons. The van der Waals surface area contributed by atoms with Gasteiger partial charge >= 0.3 is 0 Å². The molecule has 14 nitrogen and oxygen atoms in total. The van der Waals surface area contributed by atoms with Crippen molar-refractivity contribution in [3.8, 4) is 23.0 Å². The van der Waals surface area contributed by atoms with Crippen LogP contribution in [-0.2, 0) is 20.9 Å². The van der Waals surface area contributed by atoms with Crippen LogP contribution in [0.15, 0.2) is 120 Å². The zero-order chi connectivity index (χ0) is 48.2. The lowest BCUT2D eigenvalue weighted by Crippen LogP contribution is -2.70. The molecule has 68 heavy (non-hydrogen) atoms. The average Bonchev–Trinajstić information content (AvgIpc) is 3.35. The number of methoxy groups -OCH3 is 1. The summed E-state index contributed by atoms with van der Waals surface area (Å²) in [4.78, 5) is 45.5. The number of allylic oxidation sites excluding steroid dienone is 1. The van der Waals surface area contributed by atoms with Crippen molar-refractivity contribution in [3.63, 3.8) is 0 Å². The average molecular weight is 932 g/mol. The van der Waals surface area contributed by atoms with E-state index in [-0.39, 0.29) is 62.8 Å². The number of ether oxygens (including phenoxy) is 4. The van der Waals surface area contributed by atoms with E-state index in [0.29, 0.717) is 77.4 Å². The van der Waals surface area contributed by atoms with Gasteiger partial charge in [0, 0.05) is 55.9 Å². The summed E-state index contributed by atoms with van der Waals surface area (Å²) in [5.74, 6) is -1.75. The SMILES string of the molecule is C=CCOC12Oc3ccc(Oc4ccc(OC)c(C=O)c4)cc3C3C(CCCCO)C(CCCCO)C=C(C(=NOCC)CC1N(Cc1ccc(F)cc1)C(=O)C=Cc1ccc([N+](=O)[O-])cc1)C32. The number of non-ortho nitro benzene ring substituents is 1. The van der Waals surface area contributed by atoms with Crippen LogP contribution in [0.3, 0.4) is 0 Å². The molecule has 7 rings (SSSR count). The molecule has 1 fully saturated rings. The molecule has 6 atom stereocenters. The summed E-state index contributed by atoms with van der Waals surface area (Å²) in [6.07, 6.45) is 11.8. The summed E-state index contributed by atoms with van der Waals surface area (Å²) in [6.45, 7) is 6.22. The number of hydrogen-bond acceptors (Lipinski definition) is 12. The third-order valence-corrected chi connectivity index (χ3v) is 13.0. The van der Waals surface area contributed by atoms with Gasteiger partial charge in [-0.2, -0.15) is 0 Å². The highest BCUT2D eigenvalue weighted by Crippen LogP contribution is 2.62. The van der Waals surface area contributed by atoms with Crippen molar-refractivity contribution in [2.45, 2.75) is 76.2 Å². The van der Waals surface area contributed by atoms with Gasteiger partial charge in [0.2, 0.25) is 11.7 Å². The fourth-order valence-corrected chi connectivity index (χ4v) is 9.96. The van der Waals surface area contributed by atoms with E-state index in [0.717, 1.165) is 24.0 Å². The second kappa shape index (κ2) is 22.9. The van der Waals surface area contributed by atoms with Gasteiger partial charge in [0.1, 0.15) is 41.5 Å². The second-order valence-electron chi connectivity index (χ2n) is 17.1. The van der Waals surface area contributed by atoms with E-state index in [1.54, 1.807) is 65.6 Å². The van der Waals surface area contributed by atoms with Gasteiger partial charge in [0.25, 0.3) is 5.69 Å². The summed E-state index contributed by atoms with van der Waals surface area (Å²) in [7, 11) is 1.49. The van der Waals surface area contributed by atoms with Crippen LogP contribution in [-0.4, -0.2) is 83.3 Å². The highest BCUT2D eigenvalue weighted by Gasteiger charge is 2.65. The molecular formula is C53H58FN3O11. The fourth-order valence-electron chi connectivity index (χ4n) is 9.96. The van der Waals surface area contributed by atoms with Gasteiger partial charge in [0.05, 0.1) is 35.8 Å². The van der Waals surface area contributed by atoms with Crippen LogP contribution >= 0.6 is 0 Å². The minimum absolute atomic E-state index is 0.00325. The molecule has 2 N–H and O–H groups in total. The number of benzene rings is 4. The molecule has 358 valence electrons. The largest absolute Gasteiger partial charge is 0.496 e. The van der Waals surface area contributed by atoms with Crippen molar-refractivity contribution < 1.29 is 52.9 Å². The van der Waals surface area contributed by atoms with E-state index in [1.807, 2.05) is 19.1 Å². The van der Waals surface area contributed by atoms with Crippen molar-refractivity contribution in [2.24, 2.45) is 22.9 Å². The Kier molecular flexibility index (Phi) is 16.6. The number of aliphatic hydroxyl groups is 2. The van der Waals surface area contributed by atoms with Crippen LogP contribution in [0.2, 0.25) is 0 Å². The Labute approximate surface area is 395 Å². The first kappa shape index (κ1) is 49.2. The number of oxime groups is 1. The van der Waals surface area contributed by atoms with Gasteiger partial charge in [-0.3, -0.25) is 19.7 Å². The highest BCUT2D eigenvalue weighted by atomic mass is 19.1. The number of aldehydes is 1. The van der Waals surface area contributed by atoms with Crippen LogP contribution in [0, 0.1) is 33.7 Å². The number of nitro benzene ring substituents is 1. The predicted molar refractivity (Wildman–Crippen MR) is 254 cm³/mol. The van der Waals surface area contributed by atoms with Gasteiger partial charge in [-0.1, -0.05) is 42.3 Å². The van der Waals surface area contributed by atoms with Crippen LogP contribution in [0.4, 0.5) is 10.1 Å². The fraction of sp³-hybridized carbons (Fsp3) is 0.377. The third-order valence-electron chi connectivity index (χ3n) is 13.0. The molecule has 0 spiro atoms. The van der Waals surface area contributed by atoms with Gasteiger partial charge in [-0.15, -0.1) is 6.58 Å². The van der Waals surface area contributed by atoms with Crippen molar-refractivity contribution in [3.05, 3.63) is 153 Å². The van der Waals surface area contributed by atoms with Crippen LogP contribution in [0.25, 0.3) is 6.08 Å². The number of carbonyl (C=O) groups is 2. The van der Waals surface area contributed by atoms with Crippen molar-refractivity contribution in [1.82, 2.24) is 4.90 Å². The number of nitrogens with zero attached hydrogens (tertiary/aromatic N) is 3. The molecule has 2 aliphatic carbocycles. The van der Waals surface area contributed by atoms with E-state index in [4.69, 9.17) is 28.9 Å². The van der Waals surface area contributed by atoms with Crippen molar-refractivity contribution in [1.29, 1.82) is 0 Å². The summed E-state index contributed by atoms with van der Waals surface area (Å²) >= 11 is 0. The molecule has 0 bridgehead atoms. The molecule has 1 saturated carbocycles. The third kappa shape index (κ3) is 10.9. The van der Waals surface area contributed by atoms with Gasteiger partial charge in [-0.25, -0.2) is 4.39 Å². The number of halogens is 1. The Bertz CT molecular complexity index is 2510. The van der Waals surface area contributed by atoms with Gasteiger partial charge < -0.3 is 38.9 Å². The molecule has 4 aromatic rings. The lowest BCUT2D eigenvalue weighted by Gasteiger charge is -2.60.